The van der Waals surface area contributed by atoms with E-state index in [9.17, 15) is 0 Å². The van der Waals surface area contributed by atoms with Gasteiger partial charge in [0.15, 0.2) is 0 Å². The van der Waals surface area contributed by atoms with Crippen molar-refractivity contribution in [3.8, 4) is 0 Å². The number of hydrogen-bond acceptors (Lipinski definition) is 3. The zero-order valence-corrected chi connectivity index (χ0v) is 9.80. The molecule has 0 aromatic carbocycles. The summed E-state index contributed by atoms with van der Waals surface area (Å²) in [5.74, 6) is 1.03. The van der Waals surface area contributed by atoms with E-state index in [1.54, 1.807) is 0 Å². The molecule has 3 nitrogen and oxygen atoms in total. The Kier molecular flexibility index (Phi) is 1.96. The summed E-state index contributed by atoms with van der Waals surface area (Å²) in [6.07, 6.45) is 7.75. The third-order valence-electron chi connectivity index (χ3n) is 3.49. The first-order valence-electron chi connectivity index (χ1n) is 5.94. The molecule has 2 N–H and O–H groups in total. The van der Waals surface area contributed by atoms with E-state index in [1.165, 1.54) is 29.7 Å². The highest BCUT2D eigenvalue weighted by atomic mass is 15.1. The molecule has 3 rings (SSSR count). The summed E-state index contributed by atoms with van der Waals surface area (Å²) >= 11 is 0. The fraction of sp³-hybridized carbons (Fsp3) is 0.462. The van der Waals surface area contributed by atoms with Gasteiger partial charge in [-0.1, -0.05) is 6.92 Å². The van der Waals surface area contributed by atoms with Crippen LogP contribution in [0.5, 0.6) is 0 Å². The van der Waals surface area contributed by atoms with E-state index >= 15 is 0 Å². The normalized spacial score (nSPS) is 19.8. The van der Waals surface area contributed by atoms with Crippen molar-refractivity contribution >= 4 is 11.5 Å². The Morgan fingerprint density at radius 3 is 2.94 bits per heavy atom. The van der Waals surface area contributed by atoms with E-state index in [0.29, 0.717) is 0 Å². The van der Waals surface area contributed by atoms with Crippen LogP contribution in [0.1, 0.15) is 30.9 Å². The van der Waals surface area contributed by atoms with Gasteiger partial charge in [-0.05, 0) is 37.0 Å². The molecule has 0 bridgehead atoms. The average Bonchev–Trinajstić information content (AvgIpc) is 3.07. The van der Waals surface area contributed by atoms with Gasteiger partial charge in [0.25, 0.3) is 0 Å². The molecule has 16 heavy (non-hydrogen) atoms. The topological polar surface area (TPSA) is 37.0 Å². The molecule has 1 aromatic heterocycles. The molecule has 1 spiro atoms. The van der Waals surface area contributed by atoms with E-state index in [0.717, 1.165) is 12.2 Å². The molecule has 0 saturated heterocycles. The second-order valence-electron chi connectivity index (χ2n) is 4.68. The first-order chi connectivity index (χ1) is 7.76. The van der Waals surface area contributed by atoms with Crippen LogP contribution < -0.4 is 10.6 Å². The molecule has 2 heterocycles. The lowest BCUT2D eigenvalue weighted by molar-refractivity contribution is 0.884. The number of rotatable bonds is 2. The third kappa shape index (κ3) is 1.39. The molecule has 0 amide bonds. The second-order valence-corrected chi connectivity index (χ2v) is 4.68. The van der Waals surface area contributed by atoms with Crippen LogP contribution in [-0.4, -0.2) is 17.6 Å². The molecule has 1 aromatic rings. The number of aryl methyl sites for hydroxylation is 1. The Hall–Kier alpha value is -1.51. The Labute approximate surface area is 96.0 Å². The quantitative estimate of drug-likeness (QED) is 0.794. The lowest BCUT2D eigenvalue weighted by Gasteiger charge is -2.25. The molecule has 0 radical (unpaired) electrons. The molecule has 3 heteroatoms. The van der Waals surface area contributed by atoms with Crippen molar-refractivity contribution in [1.29, 1.82) is 0 Å². The van der Waals surface area contributed by atoms with E-state index in [1.807, 2.05) is 13.2 Å². The van der Waals surface area contributed by atoms with Crippen LogP contribution in [0.4, 0.5) is 5.82 Å². The Morgan fingerprint density at radius 2 is 2.31 bits per heavy atom. The van der Waals surface area contributed by atoms with Crippen LogP contribution >= 0.6 is 0 Å². The highest BCUT2D eigenvalue weighted by Crippen LogP contribution is 2.45. The molecular weight excluding hydrogens is 198 g/mol. The Morgan fingerprint density at radius 1 is 1.50 bits per heavy atom. The molecule has 1 saturated carbocycles. The Bertz CT molecular complexity index is 458. The van der Waals surface area contributed by atoms with Gasteiger partial charge in [-0.15, -0.1) is 0 Å². The van der Waals surface area contributed by atoms with E-state index < -0.39 is 0 Å². The van der Waals surface area contributed by atoms with Gasteiger partial charge in [0.2, 0.25) is 0 Å². The molecule has 2 aliphatic rings. The van der Waals surface area contributed by atoms with Gasteiger partial charge in [0.05, 0.1) is 5.54 Å². The van der Waals surface area contributed by atoms with Crippen molar-refractivity contribution in [1.82, 2.24) is 10.3 Å². The summed E-state index contributed by atoms with van der Waals surface area (Å²) < 4.78 is 0. The van der Waals surface area contributed by atoms with Crippen molar-refractivity contribution in [3.05, 3.63) is 29.5 Å². The standard InChI is InChI=1S/C13H17N3/c1-3-9-6-10-11(14-2)7-13(4-5-13)16-12(10)15-8-9/h6-8,14H,3-5H2,1-2H3,(H,15,16). The van der Waals surface area contributed by atoms with Crippen LogP contribution in [-0.2, 0) is 6.42 Å². The molecule has 84 valence electrons. The fourth-order valence-corrected chi connectivity index (χ4v) is 2.24. The van der Waals surface area contributed by atoms with Crippen molar-refractivity contribution in [2.75, 3.05) is 12.4 Å². The maximum atomic E-state index is 4.53. The fourth-order valence-electron chi connectivity index (χ4n) is 2.24. The maximum absolute atomic E-state index is 4.53. The summed E-state index contributed by atoms with van der Waals surface area (Å²) in [5.41, 5.74) is 3.91. The number of aromatic nitrogens is 1. The largest absolute Gasteiger partial charge is 0.388 e. The highest BCUT2D eigenvalue weighted by molar-refractivity contribution is 5.79. The zero-order valence-electron chi connectivity index (χ0n) is 9.80. The van der Waals surface area contributed by atoms with Gasteiger partial charge < -0.3 is 10.6 Å². The number of anilines is 1. The number of fused-ring (bicyclic) bond motifs is 1. The zero-order chi connectivity index (χ0) is 11.2. The minimum atomic E-state index is 0.200. The van der Waals surface area contributed by atoms with Gasteiger partial charge in [-0.3, -0.25) is 0 Å². The minimum Gasteiger partial charge on any atom is -0.388 e. The summed E-state index contributed by atoms with van der Waals surface area (Å²) in [5, 5.41) is 6.82. The molecule has 0 atom stereocenters. The molecule has 1 aliphatic heterocycles. The SMILES string of the molecule is CCc1cnc2c(c1)C(NC)=CC1(CC1)N2. The first-order valence-corrected chi connectivity index (χ1v) is 5.94. The summed E-state index contributed by atoms with van der Waals surface area (Å²) in [4.78, 5) is 4.53. The van der Waals surface area contributed by atoms with Crippen molar-refractivity contribution < 1.29 is 0 Å². The van der Waals surface area contributed by atoms with Crippen LogP contribution in [0.15, 0.2) is 18.3 Å². The lowest BCUT2D eigenvalue weighted by atomic mass is 10.0. The second kappa shape index (κ2) is 3.24. The molecule has 0 unspecified atom stereocenters. The van der Waals surface area contributed by atoms with Crippen LogP contribution in [0.2, 0.25) is 0 Å². The van der Waals surface area contributed by atoms with Gasteiger partial charge in [0.1, 0.15) is 5.82 Å². The Balaban J connectivity index is 2.09. The lowest BCUT2D eigenvalue weighted by Crippen LogP contribution is -2.27. The van der Waals surface area contributed by atoms with Crippen molar-refractivity contribution in [2.45, 2.75) is 31.7 Å². The number of pyridine rings is 1. The first kappa shape index (κ1) is 9.70. The third-order valence-corrected chi connectivity index (χ3v) is 3.49. The predicted molar refractivity (Wildman–Crippen MR) is 66.2 cm³/mol. The molecule has 1 fully saturated rings. The van der Waals surface area contributed by atoms with Crippen LogP contribution in [0, 0.1) is 0 Å². The summed E-state index contributed by atoms with van der Waals surface area (Å²) in [6.45, 7) is 2.16. The minimum absolute atomic E-state index is 0.200. The molecular formula is C13H17N3. The smallest absolute Gasteiger partial charge is 0.135 e. The van der Waals surface area contributed by atoms with Gasteiger partial charge >= 0.3 is 0 Å². The van der Waals surface area contributed by atoms with Crippen LogP contribution in [0.25, 0.3) is 5.70 Å². The number of nitrogens with zero attached hydrogens (tertiary/aromatic N) is 1. The van der Waals surface area contributed by atoms with Crippen molar-refractivity contribution in [2.24, 2.45) is 0 Å². The molecule has 1 aliphatic carbocycles. The summed E-state index contributed by atoms with van der Waals surface area (Å²) in [6, 6.07) is 2.23. The monoisotopic (exact) mass is 215 g/mol. The number of hydrogen-bond donors (Lipinski definition) is 2. The predicted octanol–water partition coefficient (Wildman–Crippen LogP) is 2.16. The van der Waals surface area contributed by atoms with Crippen LogP contribution in [0.3, 0.4) is 0 Å². The van der Waals surface area contributed by atoms with E-state index in [4.69, 9.17) is 0 Å². The average molecular weight is 215 g/mol. The van der Waals surface area contributed by atoms with Gasteiger partial charge in [0, 0.05) is 24.5 Å². The maximum Gasteiger partial charge on any atom is 0.135 e. The highest BCUT2D eigenvalue weighted by Gasteiger charge is 2.44. The van der Waals surface area contributed by atoms with Crippen molar-refractivity contribution in [3.63, 3.8) is 0 Å². The summed E-state index contributed by atoms with van der Waals surface area (Å²) in [7, 11) is 1.98. The number of nitrogens with one attached hydrogen (secondary N) is 2. The van der Waals surface area contributed by atoms with E-state index in [-0.39, 0.29) is 5.54 Å². The van der Waals surface area contributed by atoms with Gasteiger partial charge in [-0.2, -0.15) is 0 Å². The van der Waals surface area contributed by atoms with E-state index in [2.05, 4.69) is 34.7 Å². The van der Waals surface area contributed by atoms with Gasteiger partial charge in [-0.25, -0.2) is 4.98 Å².